The van der Waals surface area contributed by atoms with Crippen LogP contribution in [0.2, 0.25) is 0 Å². The predicted octanol–water partition coefficient (Wildman–Crippen LogP) is -0.437. The zero-order chi connectivity index (χ0) is 8.20. The molecule has 0 saturated carbocycles. The normalized spacial score (nSPS) is 13.7. The Morgan fingerprint density at radius 1 is 1.45 bits per heavy atom. The Bertz CT molecular complexity index is 181. The summed E-state index contributed by atoms with van der Waals surface area (Å²) in [5.41, 5.74) is -1.69. The van der Waals surface area contributed by atoms with Crippen molar-refractivity contribution in [2.24, 2.45) is 0 Å². The number of alkyl halides is 1. The summed E-state index contributed by atoms with van der Waals surface area (Å²) in [6, 6.07) is 0. The minimum absolute atomic E-state index is 0. The number of halogens is 1. The van der Waals surface area contributed by atoms with Crippen LogP contribution in [0.3, 0.4) is 0 Å². The first-order chi connectivity index (χ1) is 4.48. The molecule has 0 bridgehead atoms. The number of aliphatic hydroxyl groups is 1. The summed E-state index contributed by atoms with van der Waals surface area (Å²) in [5, 5.41) is 8.62. The van der Waals surface area contributed by atoms with Gasteiger partial charge >= 0.3 is 51.4 Å². The van der Waals surface area contributed by atoms with Crippen LogP contribution < -0.4 is 0 Å². The molecule has 0 fully saturated rings. The molecule has 0 radical (unpaired) electrons. The summed E-state index contributed by atoms with van der Waals surface area (Å²) in [6.45, 7) is 0. The van der Waals surface area contributed by atoms with Gasteiger partial charge in [-0.05, 0) is 12.8 Å². The monoisotopic (exact) mass is 228 g/mol. The fourth-order valence-corrected chi connectivity index (χ4v) is 1.02. The molecule has 0 heterocycles. The van der Waals surface area contributed by atoms with E-state index in [1.54, 1.807) is 0 Å². The molecule has 1 atom stereocenters. The topological polar surface area (TPSA) is 74.6 Å². The molecular weight excluding hydrogens is 219 g/mol. The van der Waals surface area contributed by atoms with Gasteiger partial charge in [-0.2, -0.15) is 8.42 Å². The van der Waals surface area contributed by atoms with Gasteiger partial charge in [0.1, 0.15) is 0 Å². The van der Waals surface area contributed by atoms with Crippen molar-refractivity contribution >= 4 is 73.1 Å². The van der Waals surface area contributed by atoms with E-state index in [4.69, 9.17) is 21.3 Å². The third kappa shape index (κ3) is 8.14. The van der Waals surface area contributed by atoms with Gasteiger partial charge in [-0.15, -0.1) is 11.6 Å². The van der Waals surface area contributed by atoms with E-state index in [-0.39, 0.29) is 63.7 Å². The molecule has 1 unspecified atom stereocenters. The number of aliphatic hydroxyl groups excluding tert-OH is 1. The Morgan fingerprint density at radius 3 is 2.18 bits per heavy atom. The van der Waals surface area contributed by atoms with Crippen molar-refractivity contribution in [2.75, 3.05) is 5.88 Å². The van der Waals surface area contributed by atoms with Crippen LogP contribution >= 0.6 is 11.6 Å². The quantitative estimate of drug-likeness (QED) is 0.389. The van der Waals surface area contributed by atoms with Gasteiger partial charge in [0.25, 0.3) is 10.1 Å². The van der Waals surface area contributed by atoms with E-state index in [1.807, 2.05) is 0 Å². The molecule has 0 aliphatic heterocycles. The Labute approximate surface area is 113 Å². The summed E-state index contributed by atoms with van der Waals surface area (Å²) >= 11 is 5.21. The van der Waals surface area contributed by atoms with Crippen molar-refractivity contribution in [3.8, 4) is 0 Å². The van der Waals surface area contributed by atoms with Crippen molar-refractivity contribution in [1.82, 2.24) is 0 Å². The first kappa shape index (κ1) is 15.3. The maximum absolute atomic E-state index is 10.1. The van der Waals surface area contributed by atoms with Crippen molar-refractivity contribution in [3.63, 3.8) is 0 Å². The van der Waals surface area contributed by atoms with E-state index in [1.165, 1.54) is 0 Å². The third-order valence-corrected chi connectivity index (χ3v) is 2.12. The van der Waals surface area contributed by atoms with E-state index in [0.29, 0.717) is 6.42 Å². The molecule has 0 rings (SSSR count). The summed E-state index contributed by atoms with van der Waals surface area (Å²) < 4.78 is 28.4. The van der Waals surface area contributed by atoms with Crippen LogP contribution in [0.25, 0.3) is 0 Å². The second-order valence-corrected chi connectivity index (χ2v) is 3.75. The number of rotatable bonds is 4. The van der Waals surface area contributed by atoms with Crippen LogP contribution in [-0.2, 0) is 10.1 Å². The van der Waals surface area contributed by atoms with Crippen LogP contribution in [0.15, 0.2) is 0 Å². The molecule has 0 aromatic carbocycles. The van der Waals surface area contributed by atoms with Crippen molar-refractivity contribution < 1.29 is 18.1 Å². The van der Waals surface area contributed by atoms with Gasteiger partial charge in [-0.1, -0.05) is 0 Å². The average molecular weight is 229 g/mol. The molecule has 0 amide bonds. The predicted molar refractivity (Wildman–Crippen MR) is 44.7 cm³/mol. The zero-order valence-electron chi connectivity index (χ0n) is 5.20. The fourth-order valence-electron chi connectivity index (χ4n) is 0.401. The SMILES string of the molecule is O=S(=O)(O)C(O)CCCCl.[KH]. The first-order valence-corrected chi connectivity index (χ1v) is 4.72. The second kappa shape index (κ2) is 7.22. The first-order valence-electron chi connectivity index (χ1n) is 2.69. The molecule has 0 spiro atoms. The summed E-state index contributed by atoms with van der Waals surface area (Å²) in [5.74, 6) is 0.270. The Kier molecular flexibility index (Phi) is 10.0. The number of hydrogen-bond acceptors (Lipinski definition) is 3. The average Bonchev–Trinajstić information content (AvgIpc) is 1.80. The van der Waals surface area contributed by atoms with Gasteiger partial charge < -0.3 is 5.11 Å². The van der Waals surface area contributed by atoms with Crippen LogP contribution in [-0.4, -0.2) is 80.8 Å². The Morgan fingerprint density at radius 2 is 1.91 bits per heavy atom. The van der Waals surface area contributed by atoms with E-state index in [0.717, 1.165) is 0 Å². The van der Waals surface area contributed by atoms with Crippen LogP contribution in [0.1, 0.15) is 12.8 Å². The second-order valence-electron chi connectivity index (χ2n) is 1.80. The maximum atomic E-state index is 10.1. The summed E-state index contributed by atoms with van der Waals surface area (Å²) in [4.78, 5) is 0. The third-order valence-electron chi connectivity index (χ3n) is 0.929. The zero-order valence-corrected chi connectivity index (χ0v) is 6.77. The van der Waals surface area contributed by atoms with Crippen LogP contribution in [0, 0.1) is 0 Å². The summed E-state index contributed by atoms with van der Waals surface area (Å²) in [7, 11) is -4.28. The molecule has 2 N–H and O–H groups in total. The van der Waals surface area contributed by atoms with Crippen molar-refractivity contribution in [3.05, 3.63) is 0 Å². The van der Waals surface area contributed by atoms with Crippen molar-refractivity contribution in [2.45, 2.75) is 18.3 Å². The van der Waals surface area contributed by atoms with Crippen LogP contribution in [0.5, 0.6) is 0 Å². The van der Waals surface area contributed by atoms with E-state index < -0.39 is 15.6 Å². The molecule has 0 aliphatic carbocycles. The molecule has 11 heavy (non-hydrogen) atoms. The number of hydrogen-bond donors (Lipinski definition) is 2. The van der Waals surface area contributed by atoms with Gasteiger partial charge in [0.05, 0.1) is 0 Å². The van der Waals surface area contributed by atoms with E-state index >= 15 is 0 Å². The molecule has 0 aromatic rings. The molecule has 4 nitrogen and oxygen atoms in total. The van der Waals surface area contributed by atoms with Gasteiger partial charge in [0.15, 0.2) is 5.44 Å². The summed E-state index contributed by atoms with van der Waals surface area (Å²) in [6.07, 6.45) is 0.338. The molecule has 64 valence electrons. The molecule has 0 saturated heterocycles. The molecule has 0 aliphatic rings. The Balaban J connectivity index is 0. The standard InChI is InChI=1S/C4H9ClO4S.K.H/c5-3-1-2-4(6)10(7,8)9;;/h4,6H,1-3H2,(H,7,8,9);;. The minimum atomic E-state index is -4.28. The molecule has 7 heteroatoms. The van der Waals surface area contributed by atoms with Gasteiger partial charge in [0, 0.05) is 5.88 Å². The van der Waals surface area contributed by atoms with Gasteiger partial charge in [-0.25, -0.2) is 0 Å². The van der Waals surface area contributed by atoms with Crippen LogP contribution in [0.4, 0.5) is 0 Å². The van der Waals surface area contributed by atoms with Gasteiger partial charge in [-0.3, -0.25) is 4.55 Å². The van der Waals surface area contributed by atoms with Crippen molar-refractivity contribution in [1.29, 1.82) is 0 Å². The fraction of sp³-hybridized carbons (Fsp3) is 1.00. The molecule has 0 aromatic heterocycles. The Hall–Kier alpha value is 1.80. The van der Waals surface area contributed by atoms with E-state index in [2.05, 4.69) is 0 Å². The van der Waals surface area contributed by atoms with Gasteiger partial charge in [0.2, 0.25) is 0 Å². The molecular formula is C4H10ClKO4S. The van der Waals surface area contributed by atoms with E-state index in [9.17, 15) is 8.42 Å².